The van der Waals surface area contributed by atoms with Crippen molar-refractivity contribution in [2.45, 2.75) is 163 Å². The number of ether oxygens (including phenoxy) is 6. The average molecular weight is 1510 g/mol. The van der Waals surface area contributed by atoms with Crippen molar-refractivity contribution < 1.29 is 204 Å². The fourth-order valence-corrected chi connectivity index (χ4v) is 10.2. The minimum atomic E-state index is -7.66. The van der Waals surface area contributed by atoms with Crippen LogP contribution < -0.4 is 9.47 Å². The number of halogens is 40. The van der Waals surface area contributed by atoms with E-state index in [2.05, 4.69) is 18.9 Å². The number of benzene rings is 2. The highest BCUT2D eigenvalue weighted by Gasteiger charge is 2.99. The van der Waals surface area contributed by atoms with Crippen LogP contribution in [-0.4, -0.2) is 184 Å². The molecule has 97 heavy (non-hydrogen) atoms. The molecular formula is C51H40F40O6. The first kappa shape index (κ1) is 81.0. The van der Waals surface area contributed by atoms with Crippen molar-refractivity contribution in [1.82, 2.24) is 0 Å². The Hall–Kier alpha value is -4.92. The third-order valence-electron chi connectivity index (χ3n) is 16.2. The van der Waals surface area contributed by atoms with Gasteiger partial charge in [-0.1, -0.05) is 44.0 Å². The Morgan fingerprint density at radius 2 is 0.495 bits per heavy atom. The van der Waals surface area contributed by atoms with Crippen molar-refractivity contribution in [2.24, 2.45) is 23.7 Å². The summed E-state index contributed by atoms with van der Waals surface area (Å²) in [7, 11) is 0. The molecule has 0 radical (unpaired) electrons. The van der Waals surface area contributed by atoms with Gasteiger partial charge in [0, 0.05) is 6.07 Å². The van der Waals surface area contributed by atoms with Crippen LogP contribution in [0.1, 0.15) is 31.7 Å². The van der Waals surface area contributed by atoms with Gasteiger partial charge in [0.15, 0.2) is 0 Å². The summed E-state index contributed by atoms with van der Waals surface area (Å²) in [6.07, 6.45) is -4.39. The molecule has 0 unspecified atom stereocenters. The molecule has 0 aliphatic heterocycles. The van der Waals surface area contributed by atoms with E-state index >= 15 is 0 Å². The Labute approximate surface area is 514 Å². The highest BCUT2D eigenvalue weighted by Crippen LogP contribution is 2.71. The first-order valence-corrected chi connectivity index (χ1v) is 26.7. The van der Waals surface area contributed by atoms with E-state index in [-0.39, 0.29) is 18.1 Å². The molecule has 46 heteroatoms. The molecule has 6 nitrogen and oxygen atoms in total. The number of alkyl halides is 40. The van der Waals surface area contributed by atoms with E-state index in [1.165, 1.54) is 12.1 Å². The van der Waals surface area contributed by atoms with Gasteiger partial charge in [0.05, 0.1) is 52.9 Å². The van der Waals surface area contributed by atoms with Gasteiger partial charge < -0.3 is 28.4 Å². The van der Waals surface area contributed by atoms with Crippen molar-refractivity contribution in [3.8, 4) is 22.6 Å². The molecule has 0 N–H and O–H groups in total. The van der Waals surface area contributed by atoms with E-state index in [9.17, 15) is 176 Å². The van der Waals surface area contributed by atoms with Crippen LogP contribution in [-0.2, 0) is 25.4 Å². The summed E-state index contributed by atoms with van der Waals surface area (Å²) in [5.41, 5.74) is -0.663. The van der Waals surface area contributed by atoms with Gasteiger partial charge in [-0.2, -0.15) is 176 Å². The quantitative estimate of drug-likeness (QED) is 0.0729. The van der Waals surface area contributed by atoms with Crippen LogP contribution in [0.2, 0.25) is 0 Å². The van der Waals surface area contributed by atoms with E-state index in [1.807, 2.05) is 0 Å². The summed E-state index contributed by atoms with van der Waals surface area (Å²) in [6.45, 7) is -20.0. The molecule has 4 fully saturated rings. The number of unbranched alkanes of at least 4 members (excludes halogenated alkanes) is 2. The highest BCUT2D eigenvalue weighted by atomic mass is 19.4. The van der Waals surface area contributed by atoms with Crippen molar-refractivity contribution in [1.29, 1.82) is 0 Å². The molecule has 6 rings (SSSR count). The molecule has 0 spiro atoms. The van der Waals surface area contributed by atoms with E-state index in [1.54, 1.807) is 6.92 Å². The molecule has 2 aromatic rings. The number of hydrogen-bond donors (Lipinski definition) is 0. The summed E-state index contributed by atoms with van der Waals surface area (Å²) in [6, 6.07) is 5.41. The lowest BCUT2D eigenvalue weighted by molar-refractivity contribution is -0.466. The lowest BCUT2D eigenvalue weighted by Gasteiger charge is -2.49. The summed E-state index contributed by atoms with van der Waals surface area (Å²) in [5, 5.41) is 0. The van der Waals surface area contributed by atoms with E-state index < -0.39 is 224 Å². The molecule has 4 aliphatic rings. The molecule has 0 saturated heterocycles. The van der Waals surface area contributed by atoms with Crippen molar-refractivity contribution in [3.05, 3.63) is 48.0 Å². The number of rotatable bonds is 25. The molecular weight excluding hydrogens is 1470 g/mol. The van der Waals surface area contributed by atoms with E-state index in [4.69, 9.17) is 9.47 Å². The largest absolute Gasteiger partial charge is 0.485 e. The smallest absolute Gasteiger partial charge is 0.384 e. The summed E-state index contributed by atoms with van der Waals surface area (Å²) < 4.78 is 607. The van der Waals surface area contributed by atoms with Gasteiger partial charge in [0.1, 0.15) is 47.4 Å². The minimum Gasteiger partial charge on any atom is -0.485 e. The Morgan fingerprint density at radius 3 is 0.701 bits per heavy atom. The molecule has 0 atom stereocenters. The molecule has 4 saturated carbocycles. The normalized spacial score (nSPS) is 27.5. The van der Waals surface area contributed by atoms with Gasteiger partial charge in [-0.3, -0.25) is 0 Å². The molecule has 4 aliphatic carbocycles. The average Bonchev–Trinajstić information content (AvgIpc) is 0.707. The topological polar surface area (TPSA) is 55.4 Å². The van der Waals surface area contributed by atoms with Crippen molar-refractivity contribution >= 4 is 0 Å². The number of hydrogen-bond acceptors (Lipinski definition) is 6. The van der Waals surface area contributed by atoms with Gasteiger partial charge in [-0.05, 0) is 41.7 Å². The molecule has 0 aromatic heterocycles. The third-order valence-corrected chi connectivity index (χ3v) is 16.2. The van der Waals surface area contributed by atoms with Gasteiger partial charge in [-0.25, -0.2) is 0 Å². The molecule has 0 amide bonds. The maximum atomic E-state index is 14.9. The fraction of sp³-hybridized carbons (Fsp3) is 0.765. The molecule has 2 aromatic carbocycles. The minimum absolute atomic E-state index is 0.0428. The first-order valence-electron chi connectivity index (χ1n) is 26.7. The number of aryl methyl sites for hydroxylation is 1. The van der Waals surface area contributed by atoms with Gasteiger partial charge in [0.2, 0.25) is 0 Å². The van der Waals surface area contributed by atoms with Crippen LogP contribution in [0.3, 0.4) is 0 Å². The second-order valence-corrected chi connectivity index (χ2v) is 22.6. The van der Waals surface area contributed by atoms with Crippen molar-refractivity contribution in [3.63, 3.8) is 0 Å². The predicted molar refractivity (Wildman–Crippen MR) is 240 cm³/mol. The zero-order chi connectivity index (χ0) is 75.0. The Bertz CT molecular complexity index is 2650. The van der Waals surface area contributed by atoms with Crippen LogP contribution in [0.15, 0.2) is 42.5 Å². The summed E-state index contributed by atoms with van der Waals surface area (Å²) >= 11 is 0. The zero-order valence-corrected chi connectivity index (χ0v) is 47.1. The van der Waals surface area contributed by atoms with Crippen LogP contribution in [0.4, 0.5) is 176 Å². The van der Waals surface area contributed by atoms with E-state index in [0.717, 1.165) is 12.1 Å². The van der Waals surface area contributed by atoms with Crippen LogP contribution in [0.25, 0.3) is 11.1 Å². The summed E-state index contributed by atoms with van der Waals surface area (Å²) in [4.78, 5) is 0. The monoisotopic (exact) mass is 1510 g/mol. The zero-order valence-electron chi connectivity index (χ0n) is 47.1. The molecule has 0 bridgehead atoms. The second kappa shape index (κ2) is 24.7. The Balaban J connectivity index is 1.47. The molecule has 560 valence electrons. The predicted octanol–water partition coefficient (Wildman–Crippen LogP) is 17.9. The van der Waals surface area contributed by atoms with Gasteiger partial charge in [0.25, 0.3) is 0 Å². The molecule has 0 heterocycles. The highest BCUT2D eigenvalue weighted by molar-refractivity contribution is 5.67. The Morgan fingerprint density at radius 1 is 0.278 bits per heavy atom. The second-order valence-electron chi connectivity index (χ2n) is 22.6. The standard InChI is InChI=1S/C51H40F40O6/c1-2-3-4-5-21-6-8-22(9-7-21)23-10-24(96-26(13-92-17-28-32(52,53)40(68,69)48(84,85)41(70,71)33(28,54)55)14-93-18-29-34(56,57)42(72,73)49(86,87)43(74,75)35(29,58)59)12-25(11-23)97-27(15-94-19-30-36(60,61)44(76,77)50(88,89)45(78,79)37(30,62)63)16-95-20-31-38(64,65)46(80,81)51(90,91)47(82,83)39(31,66)67/h6-12,26-31H,2-5,13-20H2,1H3. The first-order chi connectivity index (χ1) is 43.2. The maximum Gasteiger partial charge on any atom is 0.384 e. The third kappa shape index (κ3) is 11.6. The fourth-order valence-electron chi connectivity index (χ4n) is 10.2. The van der Waals surface area contributed by atoms with E-state index in [0.29, 0.717) is 37.0 Å². The van der Waals surface area contributed by atoms with Gasteiger partial charge in [-0.15, -0.1) is 0 Å². The maximum absolute atomic E-state index is 14.9. The Kier molecular flexibility index (Phi) is 20.6. The lowest BCUT2D eigenvalue weighted by Crippen LogP contribution is -2.78. The van der Waals surface area contributed by atoms with Crippen molar-refractivity contribution in [2.75, 3.05) is 52.9 Å². The van der Waals surface area contributed by atoms with Gasteiger partial charge >= 0.3 is 118 Å². The summed E-state index contributed by atoms with van der Waals surface area (Å²) in [5.74, 6) is -171. The SMILES string of the molecule is CCCCCc1ccc(-c2cc(OC(COCC3C(F)(F)C(F)(F)C(F)(F)C(F)(F)C3(F)F)COCC3C(F)(F)C(F)(F)C(F)(F)C(F)(F)C3(F)F)cc(OC(COCC3C(F)(F)C(F)(F)C(F)(F)C(F)(F)C3(F)F)COCC3C(F)(F)C(F)(F)C(F)(F)C(F)(F)C3(F)F)c2)cc1. The van der Waals surface area contributed by atoms with Crippen LogP contribution >= 0.6 is 0 Å². The van der Waals surface area contributed by atoms with Crippen LogP contribution in [0.5, 0.6) is 11.5 Å². The lowest BCUT2D eigenvalue weighted by atomic mass is 9.75. The van der Waals surface area contributed by atoms with Crippen LogP contribution in [0, 0.1) is 23.7 Å².